The Labute approximate surface area is 125 Å². The minimum absolute atomic E-state index is 0.404. The Morgan fingerprint density at radius 2 is 2.25 bits per heavy atom. The molecule has 1 atom stereocenters. The van der Waals surface area contributed by atoms with Crippen LogP contribution in [-0.4, -0.2) is 55.1 Å². The van der Waals surface area contributed by atoms with Crippen LogP contribution in [0.1, 0.15) is 24.6 Å². The second-order valence-corrected chi connectivity index (χ2v) is 6.24. The van der Waals surface area contributed by atoms with Crippen molar-refractivity contribution in [3.05, 3.63) is 22.4 Å². The molecule has 0 aliphatic carbocycles. The molecule has 114 valence electrons. The lowest BCUT2D eigenvalue weighted by Gasteiger charge is -2.32. The van der Waals surface area contributed by atoms with Crippen molar-refractivity contribution in [2.75, 3.05) is 32.8 Å². The lowest BCUT2D eigenvalue weighted by Crippen LogP contribution is -2.42. The van der Waals surface area contributed by atoms with Crippen molar-refractivity contribution < 1.29 is 14.6 Å². The molecule has 4 nitrogen and oxygen atoms in total. The summed E-state index contributed by atoms with van der Waals surface area (Å²) in [6.07, 6.45) is 2.13. The molecule has 1 fully saturated rings. The molecule has 2 heterocycles. The van der Waals surface area contributed by atoms with Gasteiger partial charge in [0.2, 0.25) is 0 Å². The van der Waals surface area contributed by atoms with Crippen molar-refractivity contribution in [3.8, 4) is 0 Å². The third kappa shape index (κ3) is 5.50. The van der Waals surface area contributed by atoms with Gasteiger partial charge in [-0.3, -0.25) is 0 Å². The van der Waals surface area contributed by atoms with Crippen LogP contribution < -0.4 is 0 Å². The van der Waals surface area contributed by atoms with Crippen molar-refractivity contribution in [2.24, 2.45) is 0 Å². The normalized spacial score (nSPS) is 19.3. The van der Waals surface area contributed by atoms with Gasteiger partial charge in [0.05, 0.1) is 25.4 Å². The number of rotatable bonds is 8. The Kier molecular flexibility index (Phi) is 6.96. The first-order chi connectivity index (χ1) is 9.78. The molecule has 0 spiro atoms. The molecule has 0 saturated carbocycles. The zero-order chi connectivity index (χ0) is 14.2. The quantitative estimate of drug-likeness (QED) is 0.798. The highest BCUT2D eigenvalue weighted by molar-refractivity contribution is 7.09. The van der Waals surface area contributed by atoms with Gasteiger partial charge >= 0.3 is 0 Å². The van der Waals surface area contributed by atoms with Crippen LogP contribution >= 0.6 is 11.3 Å². The van der Waals surface area contributed by atoms with Gasteiger partial charge in [0.15, 0.2) is 0 Å². The lowest BCUT2D eigenvalue weighted by molar-refractivity contribution is -0.0169. The number of aliphatic hydroxyl groups excluding tert-OH is 1. The van der Waals surface area contributed by atoms with E-state index in [9.17, 15) is 5.11 Å². The maximum Gasteiger partial charge on any atom is 0.0900 e. The molecule has 1 aliphatic heterocycles. The molecule has 1 aromatic heterocycles. The van der Waals surface area contributed by atoms with Gasteiger partial charge in [-0.05, 0) is 31.2 Å². The molecule has 1 N–H and O–H groups in total. The predicted octanol–water partition coefficient (Wildman–Crippen LogP) is 2.13. The molecule has 1 unspecified atom stereocenters. The standard InChI is InChI=1S/C15H25NO3S/c1-2-19-14-5-7-16(8-6-14)10-13(17)11-18-12-15-4-3-9-20-15/h3-4,9,13-14,17H,2,5-8,10-12H2,1H3. The molecule has 1 aromatic rings. The lowest BCUT2D eigenvalue weighted by atomic mass is 10.1. The summed E-state index contributed by atoms with van der Waals surface area (Å²) in [6.45, 7) is 6.55. The van der Waals surface area contributed by atoms with Gasteiger partial charge in [-0.2, -0.15) is 0 Å². The highest BCUT2D eigenvalue weighted by atomic mass is 32.1. The van der Waals surface area contributed by atoms with Gasteiger partial charge in [0.1, 0.15) is 0 Å². The summed E-state index contributed by atoms with van der Waals surface area (Å²) in [5, 5.41) is 12.0. The van der Waals surface area contributed by atoms with Gasteiger partial charge in [-0.25, -0.2) is 0 Å². The van der Waals surface area contributed by atoms with E-state index in [-0.39, 0.29) is 0 Å². The fourth-order valence-corrected chi connectivity index (χ4v) is 3.18. The van der Waals surface area contributed by atoms with E-state index in [1.165, 1.54) is 4.88 Å². The maximum absolute atomic E-state index is 10.0. The van der Waals surface area contributed by atoms with Crippen LogP contribution in [0, 0.1) is 0 Å². The molecule has 20 heavy (non-hydrogen) atoms. The molecule has 2 rings (SSSR count). The van der Waals surface area contributed by atoms with Crippen molar-refractivity contribution in [3.63, 3.8) is 0 Å². The molecule has 0 radical (unpaired) electrons. The number of piperidine rings is 1. The highest BCUT2D eigenvalue weighted by Gasteiger charge is 2.21. The largest absolute Gasteiger partial charge is 0.389 e. The molecule has 5 heteroatoms. The first kappa shape index (κ1) is 15.9. The Morgan fingerprint density at radius 1 is 1.45 bits per heavy atom. The van der Waals surface area contributed by atoms with Crippen molar-refractivity contribution in [2.45, 2.75) is 38.6 Å². The van der Waals surface area contributed by atoms with E-state index in [4.69, 9.17) is 9.47 Å². The summed E-state index contributed by atoms with van der Waals surface area (Å²) in [7, 11) is 0. The van der Waals surface area contributed by atoms with Crippen LogP contribution in [0.5, 0.6) is 0 Å². The molecular formula is C15H25NO3S. The number of nitrogens with zero attached hydrogens (tertiary/aromatic N) is 1. The third-order valence-electron chi connectivity index (χ3n) is 3.54. The van der Waals surface area contributed by atoms with Crippen LogP contribution in [0.15, 0.2) is 17.5 Å². The zero-order valence-corrected chi connectivity index (χ0v) is 13.0. The topological polar surface area (TPSA) is 41.9 Å². The number of likely N-dealkylation sites (tertiary alicyclic amines) is 1. The molecule has 0 amide bonds. The minimum atomic E-state index is -0.404. The monoisotopic (exact) mass is 299 g/mol. The predicted molar refractivity (Wildman–Crippen MR) is 81.1 cm³/mol. The van der Waals surface area contributed by atoms with Crippen LogP contribution in [-0.2, 0) is 16.1 Å². The number of thiophene rings is 1. The van der Waals surface area contributed by atoms with Gasteiger partial charge in [-0.1, -0.05) is 6.07 Å². The van der Waals surface area contributed by atoms with E-state index in [2.05, 4.69) is 11.0 Å². The Balaban J connectivity index is 1.57. The Bertz CT molecular complexity index is 350. The second kappa shape index (κ2) is 8.74. The summed E-state index contributed by atoms with van der Waals surface area (Å²) < 4.78 is 11.2. The van der Waals surface area contributed by atoms with Crippen molar-refractivity contribution in [1.82, 2.24) is 4.90 Å². The number of aliphatic hydroxyl groups is 1. The highest BCUT2D eigenvalue weighted by Crippen LogP contribution is 2.14. The van der Waals surface area contributed by atoms with Crippen LogP contribution in [0.3, 0.4) is 0 Å². The number of hydrogen-bond donors (Lipinski definition) is 1. The molecule has 1 aliphatic rings. The van der Waals surface area contributed by atoms with Crippen LogP contribution in [0.4, 0.5) is 0 Å². The van der Waals surface area contributed by atoms with Crippen molar-refractivity contribution in [1.29, 1.82) is 0 Å². The summed E-state index contributed by atoms with van der Waals surface area (Å²) in [4.78, 5) is 3.50. The zero-order valence-electron chi connectivity index (χ0n) is 12.2. The molecule has 0 aromatic carbocycles. The molecule has 1 saturated heterocycles. The van der Waals surface area contributed by atoms with Crippen molar-refractivity contribution >= 4 is 11.3 Å². The van der Waals surface area contributed by atoms with Gasteiger partial charge in [-0.15, -0.1) is 11.3 Å². The summed E-state index contributed by atoms with van der Waals surface area (Å²) in [6, 6.07) is 4.07. The van der Waals surface area contributed by atoms with E-state index in [0.717, 1.165) is 32.5 Å². The van der Waals surface area contributed by atoms with E-state index in [0.29, 0.717) is 25.9 Å². The maximum atomic E-state index is 10.0. The van der Waals surface area contributed by atoms with Gasteiger partial charge in [0.25, 0.3) is 0 Å². The second-order valence-electron chi connectivity index (χ2n) is 5.20. The summed E-state index contributed by atoms with van der Waals surface area (Å²) in [5.74, 6) is 0. The van der Waals surface area contributed by atoms with E-state index in [1.54, 1.807) is 11.3 Å². The summed E-state index contributed by atoms with van der Waals surface area (Å²) in [5.41, 5.74) is 0. The minimum Gasteiger partial charge on any atom is -0.389 e. The number of hydrogen-bond acceptors (Lipinski definition) is 5. The fraction of sp³-hybridized carbons (Fsp3) is 0.733. The first-order valence-electron chi connectivity index (χ1n) is 7.40. The Hall–Kier alpha value is -0.460. The number of β-amino-alcohol motifs (C(OH)–C–C–N with tert-alkyl or cyclic N) is 1. The summed E-state index contributed by atoms with van der Waals surface area (Å²) >= 11 is 1.68. The van der Waals surface area contributed by atoms with Crippen LogP contribution in [0.25, 0.3) is 0 Å². The van der Waals surface area contributed by atoms with Crippen LogP contribution in [0.2, 0.25) is 0 Å². The van der Waals surface area contributed by atoms with Gasteiger partial charge < -0.3 is 19.5 Å². The van der Waals surface area contributed by atoms with Gasteiger partial charge in [0, 0.05) is 31.1 Å². The molecular weight excluding hydrogens is 274 g/mol. The first-order valence-corrected chi connectivity index (χ1v) is 8.28. The Morgan fingerprint density at radius 3 is 2.90 bits per heavy atom. The SMILES string of the molecule is CCOC1CCN(CC(O)COCc2cccs2)CC1. The average molecular weight is 299 g/mol. The average Bonchev–Trinajstić information content (AvgIpc) is 2.94. The van der Waals surface area contributed by atoms with E-state index < -0.39 is 6.10 Å². The smallest absolute Gasteiger partial charge is 0.0900 e. The molecule has 0 bridgehead atoms. The van der Waals surface area contributed by atoms with E-state index in [1.807, 2.05) is 18.4 Å². The third-order valence-corrected chi connectivity index (χ3v) is 4.39. The number of ether oxygens (including phenoxy) is 2. The fourth-order valence-electron chi connectivity index (χ4n) is 2.54. The van der Waals surface area contributed by atoms with E-state index >= 15 is 0 Å².